The third-order valence-corrected chi connectivity index (χ3v) is 5.22. The molecule has 0 saturated carbocycles. The summed E-state index contributed by atoms with van der Waals surface area (Å²) >= 11 is 0. The van der Waals surface area contributed by atoms with Crippen LogP contribution in [0.4, 0.5) is 24.8 Å². The van der Waals surface area contributed by atoms with Crippen LogP contribution < -0.4 is 10.2 Å². The summed E-state index contributed by atoms with van der Waals surface area (Å²) in [6.07, 6.45) is 0. The summed E-state index contributed by atoms with van der Waals surface area (Å²) in [7, 11) is 0. The first kappa shape index (κ1) is 21.6. The summed E-state index contributed by atoms with van der Waals surface area (Å²) in [5, 5.41) is 2.78. The lowest BCUT2D eigenvalue weighted by molar-refractivity contribution is -0.134. The number of hydrogen-bond donors (Lipinski definition) is 1. The van der Waals surface area contributed by atoms with Gasteiger partial charge in [-0.3, -0.25) is 9.69 Å². The molecule has 2 aliphatic heterocycles. The molecule has 7 nitrogen and oxygen atoms in total. The second kappa shape index (κ2) is 9.62. The molecule has 0 unspecified atom stereocenters. The fourth-order valence-electron chi connectivity index (χ4n) is 3.49. The molecule has 0 aliphatic carbocycles. The zero-order valence-electron chi connectivity index (χ0n) is 16.9. The van der Waals surface area contributed by atoms with Crippen molar-refractivity contribution in [2.75, 3.05) is 75.8 Å². The molecule has 0 radical (unpaired) electrons. The highest BCUT2D eigenvalue weighted by molar-refractivity contribution is 5.78. The summed E-state index contributed by atoms with van der Waals surface area (Å²) in [4.78, 5) is 21.5. The molecular weight excluding hydrogens is 387 g/mol. The Hall–Kier alpha value is -2.07. The predicted molar refractivity (Wildman–Crippen MR) is 103 cm³/mol. The standard InChI is InChI=1S/C19H28F3N5O2/c1-13(2)19(28)27-7-5-26(6-8-27)18-16(22)14(20)15(21)17(24-18)23-3-4-25-9-11-29-12-10-25/h13H,3-12H2,1-2H3,(H,23,24). The summed E-state index contributed by atoms with van der Waals surface area (Å²) in [5.41, 5.74) is 0. The van der Waals surface area contributed by atoms with Crippen molar-refractivity contribution in [1.82, 2.24) is 14.8 Å². The van der Waals surface area contributed by atoms with Gasteiger partial charge in [0, 0.05) is 58.3 Å². The lowest BCUT2D eigenvalue weighted by Gasteiger charge is -2.36. The van der Waals surface area contributed by atoms with Gasteiger partial charge in [0.05, 0.1) is 13.2 Å². The number of carbonyl (C=O) groups excluding carboxylic acids is 1. The highest BCUT2D eigenvalue weighted by Gasteiger charge is 2.28. The number of aromatic nitrogens is 1. The largest absolute Gasteiger partial charge is 0.379 e. The van der Waals surface area contributed by atoms with Gasteiger partial charge in [-0.25, -0.2) is 9.37 Å². The molecule has 10 heteroatoms. The van der Waals surface area contributed by atoms with E-state index in [4.69, 9.17) is 4.74 Å². The molecule has 1 N–H and O–H groups in total. The molecule has 3 rings (SSSR count). The highest BCUT2D eigenvalue weighted by atomic mass is 19.2. The lowest BCUT2D eigenvalue weighted by atomic mass is 10.1. The lowest BCUT2D eigenvalue weighted by Crippen LogP contribution is -2.50. The first-order valence-corrected chi connectivity index (χ1v) is 10.0. The first-order chi connectivity index (χ1) is 13.9. The van der Waals surface area contributed by atoms with Gasteiger partial charge in [-0.2, -0.15) is 8.78 Å². The van der Waals surface area contributed by atoms with E-state index in [-0.39, 0.29) is 23.5 Å². The average molecular weight is 415 g/mol. The van der Waals surface area contributed by atoms with E-state index in [1.165, 1.54) is 0 Å². The maximum atomic E-state index is 14.4. The Balaban J connectivity index is 1.65. The van der Waals surface area contributed by atoms with E-state index < -0.39 is 17.5 Å². The Morgan fingerprint density at radius 2 is 1.69 bits per heavy atom. The molecule has 2 saturated heterocycles. The molecular formula is C19H28F3N5O2. The summed E-state index contributed by atoms with van der Waals surface area (Å²) in [5.74, 6) is -4.78. The molecule has 2 aliphatic rings. The number of rotatable bonds is 6. The maximum Gasteiger partial charge on any atom is 0.225 e. The number of anilines is 2. The van der Waals surface area contributed by atoms with E-state index >= 15 is 0 Å². The van der Waals surface area contributed by atoms with E-state index in [1.807, 2.05) is 13.8 Å². The van der Waals surface area contributed by atoms with E-state index in [1.54, 1.807) is 9.80 Å². The topological polar surface area (TPSA) is 60.9 Å². The van der Waals surface area contributed by atoms with E-state index in [9.17, 15) is 18.0 Å². The predicted octanol–water partition coefficient (Wildman–Crippen LogP) is 1.55. The van der Waals surface area contributed by atoms with Gasteiger partial charge < -0.3 is 19.9 Å². The van der Waals surface area contributed by atoms with Crippen LogP contribution in [0.5, 0.6) is 0 Å². The smallest absolute Gasteiger partial charge is 0.225 e. The number of carbonyl (C=O) groups is 1. The van der Waals surface area contributed by atoms with Crippen molar-refractivity contribution in [3.05, 3.63) is 17.5 Å². The van der Waals surface area contributed by atoms with Gasteiger partial charge in [0.1, 0.15) is 0 Å². The Morgan fingerprint density at radius 3 is 2.31 bits per heavy atom. The number of amides is 1. The number of ether oxygens (including phenoxy) is 1. The van der Waals surface area contributed by atoms with Crippen LogP contribution in [0.15, 0.2) is 0 Å². The Morgan fingerprint density at radius 1 is 1.03 bits per heavy atom. The van der Waals surface area contributed by atoms with Crippen LogP contribution in [0.3, 0.4) is 0 Å². The molecule has 0 atom stereocenters. The minimum atomic E-state index is -1.54. The normalized spacial score (nSPS) is 18.4. The number of halogens is 3. The van der Waals surface area contributed by atoms with Gasteiger partial charge in [0.25, 0.3) is 0 Å². The molecule has 1 amide bonds. The molecule has 1 aromatic rings. The van der Waals surface area contributed by atoms with Gasteiger partial charge in [0.15, 0.2) is 11.6 Å². The molecule has 0 aromatic carbocycles. The van der Waals surface area contributed by atoms with E-state index in [0.29, 0.717) is 52.5 Å². The second-order valence-electron chi connectivity index (χ2n) is 7.57. The van der Waals surface area contributed by atoms with Crippen LogP contribution in [-0.2, 0) is 9.53 Å². The molecule has 162 valence electrons. The highest BCUT2D eigenvalue weighted by Crippen LogP contribution is 2.27. The van der Waals surface area contributed by atoms with Gasteiger partial charge in [-0.15, -0.1) is 0 Å². The van der Waals surface area contributed by atoms with Crippen molar-refractivity contribution in [2.24, 2.45) is 5.92 Å². The SMILES string of the molecule is CC(C)C(=O)N1CCN(c2nc(NCCN3CCOCC3)c(F)c(F)c2F)CC1. The average Bonchev–Trinajstić information content (AvgIpc) is 2.74. The van der Waals surface area contributed by atoms with Crippen molar-refractivity contribution in [2.45, 2.75) is 13.8 Å². The van der Waals surface area contributed by atoms with Crippen molar-refractivity contribution in [1.29, 1.82) is 0 Å². The fourth-order valence-corrected chi connectivity index (χ4v) is 3.49. The third kappa shape index (κ3) is 5.11. The third-order valence-electron chi connectivity index (χ3n) is 5.22. The maximum absolute atomic E-state index is 14.4. The quantitative estimate of drug-likeness (QED) is 0.761. The van der Waals surface area contributed by atoms with Crippen molar-refractivity contribution < 1.29 is 22.7 Å². The molecule has 29 heavy (non-hydrogen) atoms. The fraction of sp³-hybridized carbons (Fsp3) is 0.684. The monoisotopic (exact) mass is 415 g/mol. The minimum absolute atomic E-state index is 0.0221. The summed E-state index contributed by atoms with van der Waals surface area (Å²) in [6, 6.07) is 0. The zero-order valence-corrected chi connectivity index (χ0v) is 16.9. The number of morpholine rings is 1. The molecule has 1 aromatic heterocycles. The Kier molecular flexibility index (Phi) is 7.18. The zero-order chi connectivity index (χ0) is 21.0. The number of piperazine rings is 1. The van der Waals surface area contributed by atoms with Gasteiger partial charge in [-0.1, -0.05) is 13.8 Å². The summed E-state index contributed by atoms with van der Waals surface area (Å²) in [6.45, 7) is 8.84. The number of nitrogens with zero attached hydrogens (tertiary/aromatic N) is 4. The van der Waals surface area contributed by atoms with Crippen LogP contribution in [0.2, 0.25) is 0 Å². The number of nitrogens with one attached hydrogen (secondary N) is 1. The Bertz CT molecular complexity index is 720. The van der Waals surface area contributed by atoms with Crippen LogP contribution >= 0.6 is 0 Å². The van der Waals surface area contributed by atoms with Gasteiger partial charge in [-0.05, 0) is 0 Å². The molecule has 3 heterocycles. The van der Waals surface area contributed by atoms with E-state index in [0.717, 1.165) is 13.1 Å². The summed E-state index contributed by atoms with van der Waals surface area (Å²) < 4.78 is 48.0. The van der Waals surface area contributed by atoms with Crippen molar-refractivity contribution in [3.63, 3.8) is 0 Å². The Labute approximate surface area is 168 Å². The van der Waals surface area contributed by atoms with Crippen molar-refractivity contribution >= 4 is 17.5 Å². The molecule has 0 spiro atoms. The van der Waals surface area contributed by atoms with Crippen LogP contribution in [-0.4, -0.2) is 86.3 Å². The van der Waals surface area contributed by atoms with Crippen molar-refractivity contribution in [3.8, 4) is 0 Å². The first-order valence-electron chi connectivity index (χ1n) is 10.0. The van der Waals surface area contributed by atoms with E-state index in [2.05, 4.69) is 15.2 Å². The minimum Gasteiger partial charge on any atom is -0.379 e. The van der Waals surface area contributed by atoms with Gasteiger partial charge in [0.2, 0.25) is 23.4 Å². The number of hydrogen-bond acceptors (Lipinski definition) is 6. The molecule has 2 fully saturated rings. The number of pyridine rings is 1. The van der Waals surface area contributed by atoms with Crippen LogP contribution in [0, 0.1) is 23.4 Å². The van der Waals surface area contributed by atoms with Crippen LogP contribution in [0.1, 0.15) is 13.8 Å². The van der Waals surface area contributed by atoms with Gasteiger partial charge >= 0.3 is 0 Å². The van der Waals surface area contributed by atoms with Crippen LogP contribution in [0.25, 0.3) is 0 Å². The second-order valence-corrected chi connectivity index (χ2v) is 7.57. The molecule has 0 bridgehead atoms.